The number of aromatic nitrogens is 2. The van der Waals surface area contributed by atoms with E-state index in [9.17, 15) is 4.39 Å². The molecule has 1 unspecified atom stereocenters. The molecule has 1 aromatic heterocycles. The molecule has 0 aliphatic rings. The molecule has 0 saturated carbocycles. The molecule has 1 atom stereocenters. The normalized spacial score (nSPS) is 11.9. The van der Waals surface area contributed by atoms with Crippen LogP contribution in [0.2, 0.25) is 0 Å². The van der Waals surface area contributed by atoms with Gasteiger partial charge in [0.2, 0.25) is 5.95 Å². The standard InChI is InChI=1S/C17H23FN4O/c1-5-12(2)23-14-8-6-7-13(9-14)10-19-17-20-11-15(18)16(21-17)22(3)4/h6-9,11-12H,5,10H2,1-4H3,(H,19,20,21). The summed E-state index contributed by atoms with van der Waals surface area (Å²) >= 11 is 0. The first kappa shape index (κ1) is 17.0. The number of hydrogen-bond acceptors (Lipinski definition) is 5. The lowest BCUT2D eigenvalue weighted by atomic mass is 10.2. The van der Waals surface area contributed by atoms with Crippen molar-refractivity contribution in [1.82, 2.24) is 9.97 Å². The number of ether oxygens (including phenoxy) is 1. The van der Waals surface area contributed by atoms with Crippen LogP contribution in [0.5, 0.6) is 5.75 Å². The van der Waals surface area contributed by atoms with Crippen molar-refractivity contribution in [2.45, 2.75) is 32.9 Å². The fourth-order valence-corrected chi connectivity index (χ4v) is 1.98. The van der Waals surface area contributed by atoms with E-state index in [2.05, 4.69) is 22.2 Å². The lowest BCUT2D eigenvalue weighted by molar-refractivity contribution is 0.217. The average molecular weight is 318 g/mol. The van der Waals surface area contributed by atoms with Crippen molar-refractivity contribution in [2.75, 3.05) is 24.3 Å². The number of halogens is 1. The van der Waals surface area contributed by atoms with Crippen LogP contribution in [0, 0.1) is 5.82 Å². The maximum atomic E-state index is 13.6. The molecule has 0 radical (unpaired) electrons. The number of nitrogens with one attached hydrogen (secondary N) is 1. The second kappa shape index (κ2) is 7.76. The van der Waals surface area contributed by atoms with Gasteiger partial charge in [0.1, 0.15) is 5.75 Å². The van der Waals surface area contributed by atoms with Crippen LogP contribution in [0.15, 0.2) is 30.5 Å². The smallest absolute Gasteiger partial charge is 0.225 e. The van der Waals surface area contributed by atoms with Crippen LogP contribution in [0.4, 0.5) is 16.2 Å². The number of rotatable bonds is 7. The summed E-state index contributed by atoms with van der Waals surface area (Å²) in [6, 6.07) is 7.86. The van der Waals surface area contributed by atoms with Gasteiger partial charge in [-0.15, -0.1) is 0 Å². The molecule has 0 aliphatic heterocycles. The average Bonchev–Trinajstić information content (AvgIpc) is 2.54. The highest BCUT2D eigenvalue weighted by Crippen LogP contribution is 2.18. The molecule has 124 valence electrons. The molecular weight excluding hydrogens is 295 g/mol. The van der Waals surface area contributed by atoms with E-state index in [1.807, 2.05) is 31.2 Å². The SMILES string of the molecule is CCC(C)Oc1cccc(CNc2ncc(F)c(N(C)C)n2)c1. The quantitative estimate of drug-likeness (QED) is 0.847. The monoisotopic (exact) mass is 318 g/mol. The lowest BCUT2D eigenvalue weighted by Gasteiger charge is -2.14. The highest BCUT2D eigenvalue weighted by atomic mass is 19.1. The van der Waals surface area contributed by atoms with Crippen molar-refractivity contribution < 1.29 is 9.13 Å². The van der Waals surface area contributed by atoms with Crippen LogP contribution < -0.4 is 15.0 Å². The predicted molar refractivity (Wildman–Crippen MR) is 90.5 cm³/mol. The molecule has 5 nitrogen and oxygen atoms in total. The van der Waals surface area contributed by atoms with Gasteiger partial charge in [0.05, 0.1) is 12.3 Å². The number of hydrogen-bond donors (Lipinski definition) is 1. The Hall–Kier alpha value is -2.37. The predicted octanol–water partition coefficient (Wildman–Crippen LogP) is 3.47. The fraction of sp³-hybridized carbons (Fsp3) is 0.412. The lowest BCUT2D eigenvalue weighted by Crippen LogP contribution is -2.15. The van der Waals surface area contributed by atoms with Gasteiger partial charge in [-0.05, 0) is 31.0 Å². The van der Waals surface area contributed by atoms with E-state index >= 15 is 0 Å². The van der Waals surface area contributed by atoms with Gasteiger partial charge in [-0.3, -0.25) is 0 Å². The molecular formula is C17H23FN4O. The zero-order chi connectivity index (χ0) is 16.8. The Morgan fingerprint density at radius 3 is 2.83 bits per heavy atom. The summed E-state index contributed by atoms with van der Waals surface area (Å²) in [4.78, 5) is 9.75. The van der Waals surface area contributed by atoms with Gasteiger partial charge in [0.15, 0.2) is 11.6 Å². The summed E-state index contributed by atoms with van der Waals surface area (Å²) < 4.78 is 19.4. The van der Waals surface area contributed by atoms with E-state index in [0.29, 0.717) is 12.5 Å². The largest absolute Gasteiger partial charge is 0.491 e. The molecule has 23 heavy (non-hydrogen) atoms. The molecule has 0 spiro atoms. The van der Waals surface area contributed by atoms with Crippen molar-refractivity contribution in [3.63, 3.8) is 0 Å². The molecule has 2 aromatic rings. The van der Waals surface area contributed by atoms with Gasteiger partial charge in [-0.1, -0.05) is 19.1 Å². The second-order valence-corrected chi connectivity index (χ2v) is 5.60. The molecule has 1 N–H and O–H groups in total. The van der Waals surface area contributed by atoms with E-state index in [1.165, 1.54) is 6.20 Å². The molecule has 0 saturated heterocycles. The minimum absolute atomic E-state index is 0.182. The number of benzene rings is 1. The van der Waals surface area contributed by atoms with Crippen LogP contribution >= 0.6 is 0 Å². The van der Waals surface area contributed by atoms with Gasteiger partial charge >= 0.3 is 0 Å². The molecule has 0 fully saturated rings. The van der Waals surface area contributed by atoms with E-state index in [-0.39, 0.29) is 11.9 Å². The van der Waals surface area contributed by atoms with Crippen molar-refractivity contribution in [3.8, 4) is 5.75 Å². The van der Waals surface area contributed by atoms with Crippen LogP contribution in [-0.4, -0.2) is 30.2 Å². The van der Waals surface area contributed by atoms with Gasteiger partial charge in [-0.2, -0.15) is 4.98 Å². The summed E-state index contributed by atoms with van der Waals surface area (Å²) in [7, 11) is 3.48. The van der Waals surface area contributed by atoms with E-state index in [1.54, 1.807) is 19.0 Å². The molecule has 1 aromatic carbocycles. The maximum Gasteiger partial charge on any atom is 0.225 e. The molecule has 0 aliphatic carbocycles. The first-order chi connectivity index (χ1) is 11.0. The Bertz CT molecular complexity index is 648. The summed E-state index contributed by atoms with van der Waals surface area (Å²) in [5.74, 6) is 1.05. The highest BCUT2D eigenvalue weighted by molar-refractivity contribution is 5.43. The fourth-order valence-electron chi connectivity index (χ4n) is 1.98. The Kier molecular flexibility index (Phi) is 5.73. The van der Waals surface area contributed by atoms with Crippen molar-refractivity contribution >= 4 is 11.8 Å². The summed E-state index contributed by atoms with van der Waals surface area (Å²) in [6.07, 6.45) is 2.31. The summed E-state index contributed by atoms with van der Waals surface area (Å²) in [5, 5.41) is 3.11. The maximum absolute atomic E-state index is 13.6. The van der Waals surface area contributed by atoms with Crippen LogP contribution in [0.3, 0.4) is 0 Å². The van der Waals surface area contributed by atoms with Crippen molar-refractivity contribution in [2.24, 2.45) is 0 Å². The number of anilines is 2. The third-order valence-corrected chi connectivity index (χ3v) is 3.41. The minimum Gasteiger partial charge on any atom is -0.491 e. The Morgan fingerprint density at radius 1 is 1.35 bits per heavy atom. The summed E-state index contributed by atoms with van der Waals surface area (Å²) in [5.41, 5.74) is 1.05. The van der Waals surface area contributed by atoms with E-state index in [0.717, 1.165) is 17.7 Å². The molecule has 0 bridgehead atoms. The van der Waals surface area contributed by atoms with E-state index < -0.39 is 5.82 Å². The first-order valence-corrected chi connectivity index (χ1v) is 7.69. The Morgan fingerprint density at radius 2 is 2.13 bits per heavy atom. The third-order valence-electron chi connectivity index (χ3n) is 3.41. The van der Waals surface area contributed by atoms with Gasteiger partial charge in [-0.25, -0.2) is 9.37 Å². The van der Waals surface area contributed by atoms with Gasteiger partial charge < -0.3 is 15.0 Å². The molecule has 2 rings (SSSR count). The highest BCUT2D eigenvalue weighted by Gasteiger charge is 2.09. The first-order valence-electron chi connectivity index (χ1n) is 7.69. The second-order valence-electron chi connectivity index (χ2n) is 5.60. The molecule has 6 heteroatoms. The Labute approximate surface area is 136 Å². The van der Waals surface area contributed by atoms with Crippen LogP contribution in [0.1, 0.15) is 25.8 Å². The number of nitrogens with zero attached hydrogens (tertiary/aromatic N) is 3. The third kappa shape index (κ3) is 4.81. The topological polar surface area (TPSA) is 50.3 Å². The zero-order valence-corrected chi connectivity index (χ0v) is 14.0. The van der Waals surface area contributed by atoms with Gasteiger partial charge in [0, 0.05) is 20.6 Å². The minimum atomic E-state index is -0.440. The molecule has 0 amide bonds. The van der Waals surface area contributed by atoms with Crippen molar-refractivity contribution in [3.05, 3.63) is 41.8 Å². The van der Waals surface area contributed by atoms with Crippen LogP contribution in [0.25, 0.3) is 0 Å². The molecule has 1 heterocycles. The van der Waals surface area contributed by atoms with Crippen molar-refractivity contribution in [1.29, 1.82) is 0 Å². The van der Waals surface area contributed by atoms with Gasteiger partial charge in [0.25, 0.3) is 0 Å². The zero-order valence-electron chi connectivity index (χ0n) is 14.0. The van der Waals surface area contributed by atoms with E-state index in [4.69, 9.17) is 4.74 Å². The summed E-state index contributed by atoms with van der Waals surface area (Å²) in [6.45, 7) is 4.67. The van der Waals surface area contributed by atoms with Crippen LogP contribution in [-0.2, 0) is 6.54 Å². The Balaban J connectivity index is 2.03.